The first-order chi connectivity index (χ1) is 14.5. The van der Waals surface area contributed by atoms with Crippen molar-refractivity contribution in [1.29, 1.82) is 0 Å². The number of hydrogen-bond donors (Lipinski definition) is 1. The van der Waals surface area contributed by atoms with Gasteiger partial charge in [0.05, 0.1) is 11.4 Å². The second-order valence-corrected chi connectivity index (χ2v) is 7.06. The van der Waals surface area contributed by atoms with E-state index < -0.39 is 11.3 Å². The average molecular weight is 423 g/mol. The van der Waals surface area contributed by atoms with Gasteiger partial charge in [-0.2, -0.15) is 5.10 Å². The molecule has 1 unspecified atom stereocenters. The van der Waals surface area contributed by atoms with E-state index in [-0.39, 0.29) is 5.82 Å². The van der Waals surface area contributed by atoms with E-state index in [1.165, 1.54) is 0 Å². The lowest BCUT2D eigenvalue weighted by Crippen LogP contribution is -2.04. The summed E-state index contributed by atoms with van der Waals surface area (Å²) in [6, 6.07) is 29.6. The van der Waals surface area contributed by atoms with E-state index in [4.69, 9.17) is 8.76 Å². The van der Waals surface area contributed by atoms with Gasteiger partial charge in [-0.15, -0.1) is 0 Å². The number of halogens is 1. The fraction of sp³-hybridized carbons (Fsp3) is 0.0870. The summed E-state index contributed by atoms with van der Waals surface area (Å²) in [6.07, 6.45) is 0.984. The van der Waals surface area contributed by atoms with Crippen LogP contribution in [0.15, 0.2) is 91.0 Å². The van der Waals surface area contributed by atoms with Gasteiger partial charge in [0, 0.05) is 24.1 Å². The van der Waals surface area contributed by atoms with Crippen molar-refractivity contribution in [3.05, 3.63) is 119 Å². The Labute approximate surface area is 177 Å². The van der Waals surface area contributed by atoms with Crippen LogP contribution in [0, 0.1) is 5.82 Å². The third kappa shape index (κ3) is 5.93. The summed E-state index contributed by atoms with van der Waals surface area (Å²) < 4.78 is 34.6. The SMILES string of the molecule is Fc1c(Cc2ccccc2)nn(-c2ccccc2)c1Cc1ccccc1.NS(=O)[O-]. The van der Waals surface area contributed by atoms with Gasteiger partial charge in [0.15, 0.2) is 5.82 Å². The molecule has 0 fully saturated rings. The summed E-state index contributed by atoms with van der Waals surface area (Å²) in [5.74, 6) is -0.221. The number of rotatable bonds is 5. The van der Waals surface area contributed by atoms with Crippen molar-refractivity contribution in [3.8, 4) is 5.69 Å². The Morgan fingerprint density at radius 1 is 0.833 bits per heavy atom. The quantitative estimate of drug-likeness (QED) is 0.495. The Kier molecular flexibility index (Phi) is 7.62. The third-order valence-electron chi connectivity index (χ3n) is 4.41. The summed E-state index contributed by atoms with van der Waals surface area (Å²) >= 11 is -2.36. The van der Waals surface area contributed by atoms with E-state index in [1.807, 2.05) is 91.0 Å². The Morgan fingerprint density at radius 2 is 1.27 bits per heavy atom. The molecule has 0 bridgehead atoms. The first-order valence-corrected chi connectivity index (χ1v) is 10.4. The van der Waals surface area contributed by atoms with Crippen LogP contribution >= 0.6 is 0 Å². The third-order valence-corrected chi connectivity index (χ3v) is 4.41. The molecule has 3 aromatic carbocycles. The van der Waals surface area contributed by atoms with Crippen molar-refractivity contribution in [3.63, 3.8) is 0 Å². The summed E-state index contributed by atoms with van der Waals surface area (Å²) in [7, 11) is 0. The number of aromatic nitrogens is 2. The van der Waals surface area contributed by atoms with Crippen LogP contribution in [0.1, 0.15) is 22.5 Å². The zero-order chi connectivity index (χ0) is 21.3. The predicted molar refractivity (Wildman–Crippen MR) is 115 cm³/mol. The highest BCUT2D eigenvalue weighted by atomic mass is 32.2. The molecule has 0 spiro atoms. The molecule has 154 valence electrons. The smallest absolute Gasteiger partial charge is 0.168 e. The van der Waals surface area contributed by atoms with E-state index in [1.54, 1.807) is 4.68 Å². The second-order valence-electron chi connectivity index (χ2n) is 6.54. The number of benzene rings is 3. The van der Waals surface area contributed by atoms with Gasteiger partial charge in [0.1, 0.15) is 5.69 Å². The van der Waals surface area contributed by atoms with E-state index in [9.17, 15) is 0 Å². The molecule has 30 heavy (non-hydrogen) atoms. The zero-order valence-corrected chi connectivity index (χ0v) is 17.0. The minimum atomic E-state index is -2.36. The normalized spacial score (nSPS) is 11.4. The fourth-order valence-corrected chi connectivity index (χ4v) is 3.11. The highest BCUT2D eigenvalue weighted by Gasteiger charge is 2.19. The van der Waals surface area contributed by atoms with Crippen LogP contribution in [0.2, 0.25) is 0 Å². The molecule has 7 heteroatoms. The molecule has 0 saturated heterocycles. The van der Waals surface area contributed by atoms with Gasteiger partial charge in [-0.3, -0.25) is 9.35 Å². The topological polar surface area (TPSA) is 84.0 Å². The number of para-hydroxylation sites is 1. The van der Waals surface area contributed by atoms with Crippen molar-refractivity contribution in [1.82, 2.24) is 9.78 Å². The van der Waals surface area contributed by atoms with Crippen LogP contribution in [-0.4, -0.2) is 18.5 Å². The minimum absolute atomic E-state index is 0.221. The van der Waals surface area contributed by atoms with Gasteiger partial charge in [0.25, 0.3) is 0 Å². The Bertz CT molecular complexity index is 1080. The maximum Gasteiger partial charge on any atom is 0.168 e. The number of hydrogen-bond acceptors (Lipinski definition) is 3. The predicted octanol–water partition coefficient (Wildman–Crippen LogP) is 3.93. The fourth-order valence-electron chi connectivity index (χ4n) is 3.11. The lowest BCUT2D eigenvalue weighted by molar-refractivity contribution is 0.538. The van der Waals surface area contributed by atoms with Gasteiger partial charge < -0.3 is 4.55 Å². The molecule has 0 radical (unpaired) electrons. The van der Waals surface area contributed by atoms with Crippen LogP contribution < -0.4 is 5.14 Å². The van der Waals surface area contributed by atoms with E-state index in [0.29, 0.717) is 24.2 Å². The standard InChI is InChI=1S/C23H19FN2.H3NO2S/c24-23-21(16-18-10-4-1-5-11-18)25-26(20-14-8-3-9-15-20)22(23)17-19-12-6-2-7-13-19;1-4(2)3/h1-15H,16-17H2;1H2,(H,2,3)/p-1. The molecular formula is C23H21FN3O2S-. The second kappa shape index (κ2) is 10.6. The molecule has 0 aliphatic rings. The first-order valence-electron chi connectivity index (χ1n) is 9.28. The highest BCUT2D eigenvalue weighted by Crippen LogP contribution is 2.22. The highest BCUT2D eigenvalue weighted by molar-refractivity contribution is 7.76. The van der Waals surface area contributed by atoms with Gasteiger partial charge in [-0.05, 0) is 23.3 Å². The van der Waals surface area contributed by atoms with Crippen molar-refractivity contribution >= 4 is 11.3 Å². The number of nitrogens with two attached hydrogens (primary N) is 1. The van der Waals surface area contributed by atoms with E-state index in [0.717, 1.165) is 16.8 Å². The summed E-state index contributed by atoms with van der Waals surface area (Å²) in [5.41, 5.74) is 4.06. The maximum absolute atomic E-state index is 15.3. The molecular weight excluding hydrogens is 401 g/mol. The molecule has 2 N–H and O–H groups in total. The lowest BCUT2D eigenvalue weighted by Gasteiger charge is -2.07. The first kappa shape index (κ1) is 21.6. The van der Waals surface area contributed by atoms with Crippen LogP contribution in [-0.2, 0) is 24.1 Å². The minimum Gasteiger partial charge on any atom is -0.760 e. The van der Waals surface area contributed by atoms with Crippen molar-refractivity contribution in [2.75, 3.05) is 0 Å². The molecule has 5 nitrogen and oxygen atoms in total. The van der Waals surface area contributed by atoms with Gasteiger partial charge in [-0.25, -0.2) is 9.07 Å². The summed E-state index contributed by atoms with van der Waals surface area (Å²) in [5, 5.41) is 8.64. The van der Waals surface area contributed by atoms with Crippen LogP contribution in [0.5, 0.6) is 0 Å². The molecule has 1 aromatic heterocycles. The van der Waals surface area contributed by atoms with Gasteiger partial charge >= 0.3 is 0 Å². The van der Waals surface area contributed by atoms with Crippen LogP contribution in [0.3, 0.4) is 0 Å². The van der Waals surface area contributed by atoms with Gasteiger partial charge in [0.2, 0.25) is 0 Å². The van der Waals surface area contributed by atoms with Gasteiger partial charge in [-0.1, -0.05) is 78.9 Å². The molecule has 0 amide bonds. The van der Waals surface area contributed by atoms with Crippen LogP contribution in [0.4, 0.5) is 4.39 Å². The lowest BCUT2D eigenvalue weighted by atomic mass is 10.1. The maximum atomic E-state index is 15.3. The zero-order valence-electron chi connectivity index (χ0n) is 16.1. The average Bonchev–Trinajstić information content (AvgIpc) is 3.05. The molecule has 1 atom stereocenters. The summed E-state index contributed by atoms with van der Waals surface area (Å²) in [6.45, 7) is 0. The Morgan fingerprint density at radius 3 is 1.77 bits per heavy atom. The molecule has 0 aliphatic heterocycles. The van der Waals surface area contributed by atoms with E-state index >= 15 is 4.39 Å². The monoisotopic (exact) mass is 422 g/mol. The summed E-state index contributed by atoms with van der Waals surface area (Å²) in [4.78, 5) is 0. The molecule has 4 aromatic rings. The number of nitrogens with zero attached hydrogens (tertiary/aromatic N) is 2. The van der Waals surface area contributed by atoms with Crippen molar-refractivity contribution in [2.45, 2.75) is 12.8 Å². The Hall–Kier alpha value is -3.13. The van der Waals surface area contributed by atoms with Crippen molar-refractivity contribution in [2.24, 2.45) is 5.14 Å². The van der Waals surface area contributed by atoms with Crippen LogP contribution in [0.25, 0.3) is 5.69 Å². The molecule has 0 aliphatic carbocycles. The Balaban J connectivity index is 0.000000589. The van der Waals surface area contributed by atoms with Crippen molar-refractivity contribution < 1.29 is 13.2 Å². The molecule has 1 heterocycles. The largest absolute Gasteiger partial charge is 0.760 e. The van der Waals surface area contributed by atoms with E-state index in [2.05, 4.69) is 10.2 Å². The molecule has 0 saturated carbocycles. The molecule has 4 rings (SSSR count).